The van der Waals surface area contributed by atoms with Crippen LogP contribution in [0.5, 0.6) is 5.75 Å². The van der Waals surface area contributed by atoms with Crippen molar-refractivity contribution in [3.8, 4) is 5.75 Å². The van der Waals surface area contributed by atoms with E-state index in [1.54, 1.807) is 11.6 Å². The lowest BCUT2D eigenvalue weighted by atomic mass is 10.00. The number of ether oxygens (including phenoxy) is 1. The van der Waals surface area contributed by atoms with Crippen LogP contribution in [0.4, 0.5) is 5.95 Å². The maximum Gasteiger partial charge on any atom is 0.329 e. The van der Waals surface area contributed by atoms with Crippen LogP contribution in [0.15, 0.2) is 33.9 Å². The van der Waals surface area contributed by atoms with Gasteiger partial charge in [0.05, 0.1) is 6.54 Å². The Morgan fingerprint density at radius 1 is 1.26 bits per heavy atom. The minimum atomic E-state index is -0.865. The number of aromatic nitrogens is 4. The Kier molecular flexibility index (Phi) is 5.86. The number of anilines is 1. The highest BCUT2D eigenvalue weighted by molar-refractivity contribution is 5.74. The zero-order valence-electron chi connectivity index (χ0n) is 18.2. The van der Waals surface area contributed by atoms with Crippen LogP contribution >= 0.6 is 0 Å². The zero-order valence-corrected chi connectivity index (χ0v) is 18.2. The molecule has 2 aromatic heterocycles. The van der Waals surface area contributed by atoms with Crippen molar-refractivity contribution in [1.29, 1.82) is 0 Å². The predicted octanol–water partition coefficient (Wildman–Crippen LogP) is 1.41. The van der Waals surface area contributed by atoms with Gasteiger partial charge >= 0.3 is 5.69 Å². The van der Waals surface area contributed by atoms with E-state index in [0.29, 0.717) is 23.3 Å². The van der Waals surface area contributed by atoms with Gasteiger partial charge < -0.3 is 19.3 Å². The second kappa shape index (κ2) is 8.58. The van der Waals surface area contributed by atoms with E-state index in [4.69, 9.17) is 4.74 Å². The smallest absolute Gasteiger partial charge is 0.329 e. The van der Waals surface area contributed by atoms with Gasteiger partial charge in [-0.1, -0.05) is 25.1 Å². The van der Waals surface area contributed by atoms with Crippen molar-refractivity contribution in [1.82, 2.24) is 19.1 Å². The first-order chi connectivity index (χ1) is 14.8. The number of para-hydroxylation sites is 1. The number of hydrogen-bond donors (Lipinski definition) is 2. The summed E-state index contributed by atoms with van der Waals surface area (Å²) in [5, 5.41) is 10.7. The molecule has 0 radical (unpaired) electrons. The fourth-order valence-electron chi connectivity index (χ4n) is 4.01. The van der Waals surface area contributed by atoms with Crippen LogP contribution in [0, 0.1) is 12.8 Å². The van der Waals surface area contributed by atoms with Crippen LogP contribution in [0.25, 0.3) is 11.2 Å². The van der Waals surface area contributed by atoms with Gasteiger partial charge in [-0.3, -0.25) is 14.3 Å². The number of H-pyrrole nitrogens is 1. The number of aliphatic hydroxyl groups is 1. The normalized spacial score (nSPS) is 16.1. The molecule has 0 amide bonds. The minimum Gasteiger partial charge on any atom is -0.491 e. The molecule has 1 aliphatic heterocycles. The standard InChI is InChI=1S/C22H29N5O4/c1-14-8-10-26(11-9-14)21-23-19-18(20(29)24-22(30)25(19)3)27(21)12-16(28)13-31-17-7-5-4-6-15(17)2/h4-7,14,16,28H,8-13H2,1-3H3,(H,24,29,30)/t16-/m1/s1. The maximum absolute atomic E-state index is 12.7. The lowest BCUT2D eigenvalue weighted by molar-refractivity contribution is 0.0932. The summed E-state index contributed by atoms with van der Waals surface area (Å²) in [6.07, 6.45) is 1.19. The summed E-state index contributed by atoms with van der Waals surface area (Å²) in [6, 6.07) is 7.61. The van der Waals surface area contributed by atoms with Crippen molar-refractivity contribution in [2.75, 3.05) is 24.6 Å². The number of aliphatic hydroxyl groups excluding tert-OH is 1. The first-order valence-electron chi connectivity index (χ1n) is 10.7. The number of benzene rings is 1. The third-order valence-electron chi connectivity index (χ3n) is 5.97. The van der Waals surface area contributed by atoms with Crippen LogP contribution < -0.4 is 20.9 Å². The molecule has 9 nitrogen and oxygen atoms in total. The Morgan fingerprint density at radius 2 is 1.97 bits per heavy atom. The van der Waals surface area contributed by atoms with E-state index >= 15 is 0 Å². The number of fused-ring (bicyclic) bond motifs is 1. The quantitative estimate of drug-likeness (QED) is 0.616. The lowest BCUT2D eigenvalue weighted by Crippen LogP contribution is -2.36. The molecule has 31 heavy (non-hydrogen) atoms. The number of imidazole rings is 1. The largest absolute Gasteiger partial charge is 0.491 e. The Bertz CT molecular complexity index is 1190. The highest BCUT2D eigenvalue weighted by atomic mass is 16.5. The molecule has 1 atom stereocenters. The van der Waals surface area contributed by atoms with Crippen LogP contribution in [-0.4, -0.2) is 50.0 Å². The van der Waals surface area contributed by atoms with Gasteiger partial charge in [-0.05, 0) is 37.3 Å². The average molecular weight is 428 g/mol. The summed E-state index contributed by atoms with van der Waals surface area (Å²) in [5.74, 6) is 1.95. The van der Waals surface area contributed by atoms with Crippen LogP contribution in [0.1, 0.15) is 25.3 Å². The van der Waals surface area contributed by atoms with Crippen molar-refractivity contribution in [3.63, 3.8) is 0 Å². The zero-order chi connectivity index (χ0) is 22.1. The van der Waals surface area contributed by atoms with Crippen molar-refractivity contribution in [3.05, 3.63) is 50.7 Å². The summed E-state index contributed by atoms with van der Waals surface area (Å²) in [6.45, 7) is 6.00. The summed E-state index contributed by atoms with van der Waals surface area (Å²) in [5.41, 5.74) is 0.566. The average Bonchev–Trinajstić information content (AvgIpc) is 3.12. The molecule has 166 valence electrons. The van der Waals surface area contributed by atoms with E-state index in [1.165, 1.54) is 4.57 Å². The van der Waals surface area contributed by atoms with Crippen LogP contribution in [-0.2, 0) is 13.6 Å². The molecular formula is C22H29N5O4. The lowest BCUT2D eigenvalue weighted by Gasteiger charge is -2.31. The summed E-state index contributed by atoms with van der Waals surface area (Å²) >= 11 is 0. The number of rotatable bonds is 6. The number of aryl methyl sites for hydroxylation is 2. The molecule has 4 rings (SSSR count). The molecule has 1 aromatic carbocycles. The Balaban J connectivity index is 1.67. The fraction of sp³-hybridized carbons (Fsp3) is 0.500. The van der Waals surface area contributed by atoms with Gasteiger partial charge in [0.1, 0.15) is 18.5 Å². The van der Waals surface area contributed by atoms with Gasteiger partial charge in [-0.15, -0.1) is 0 Å². The maximum atomic E-state index is 12.7. The molecule has 0 aliphatic carbocycles. The third kappa shape index (κ3) is 4.23. The highest BCUT2D eigenvalue weighted by Crippen LogP contribution is 2.25. The van der Waals surface area contributed by atoms with Crippen molar-refractivity contribution >= 4 is 17.1 Å². The molecule has 0 spiro atoms. The highest BCUT2D eigenvalue weighted by Gasteiger charge is 2.25. The number of nitrogens with one attached hydrogen (secondary N) is 1. The number of piperidine rings is 1. The molecular weight excluding hydrogens is 398 g/mol. The Morgan fingerprint density at radius 3 is 2.68 bits per heavy atom. The van der Waals surface area contributed by atoms with E-state index < -0.39 is 17.4 Å². The molecule has 3 heterocycles. The molecule has 1 saturated heterocycles. The van der Waals surface area contributed by atoms with Gasteiger partial charge in [0.25, 0.3) is 5.56 Å². The van der Waals surface area contributed by atoms with Gasteiger partial charge in [-0.2, -0.15) is 4.98 Å². The van der Waals surface area contributed by atoms with E-state index in [0.717, 1.165) is 31.5 Å². The predicted molar refractivity (Wildman–Crippen MR) is 119 cm³/mol. The van der Waals surface area contributed by atoms with E-state index in [9.17, 15) is 14.7 Å². The molecule has 1 aliphatic rings. The molecule has 0 saturated carbocycles. The van der Waals surface area contributed by atoms with Gasteiger partial charge in [0.15, 0.2) is 11.2 Å². The fourth-order valence-corrected chi connectivity index (χ4v) is 4.01. The van der Waals surface area contributed by atoms with E-state index in [1.807, 2.05) is 31.2 Å². The molecule has 2 N–H and O–H groups in total. The number of hydrogen-bond acceptors (Lipinski definition) is 6. The Labute approximate surface area is 179 Å². The molecule has 0 bridgehead atoms. The molecule has 0 unspecified atom stereocenters. The molecule has 3 aromatic rings. The van der Waals surface area contributed by atoms with E-state index in [2.05, 4.69) is 21.8 Å². The van der Waals surface area contributed by atoms with Crippen molar-refractivity contribution in [2.24, 2.45) is 13.0 Å². The van der Waals surface area contributed by atoms with Gasteiger partial charge in [-0.25, -0.2) is 4.79 Å². The topological polar surface area (TPSA) is 105 Å². The molecule has 9 heteroatoms. The number of aromatic amines is 1. The van der Waals surface area contributed by atoms with E-state index in [-0.39, 0.29) is 18.7 Å². The first kappa shape index (κ1) is 21.2. The summed E-state index contributed by atoms with van der Waals surface area (Å²) in [4.78, 5) is 33.9. The van der Waals surface area contributed by atoms with Crippen molar-refractivity contribution < 1.29 is 9.84 Å². The van der Waals surface area contributed by atoms with Gasteiger partial charge in [0, 0.05) is 20.1 Å². The second-order valence-electron chi connectivity index (χ2n) is 8.41. The SMILES string of the molecule is Cc1ccccc1OC[C@H](O)Cn1c(N2CCC(C)CC2)nc2c1c(=O)[nH]c(=O)n2C. The van der Waals surface area contributed by atoms with Crippen LogP contribution in [0.3, 0.4) is 0 Å². The van der Waals surface area contributed by atoms with Crippen molar-refractivity contribution in [2.45, 2.75) is 39.3 Å². The molecule has 1 fully saturated rings. The number of nitrogens with zero attached hydrogens (tertiary/aromatic N) is 4. The Hall–Kier alpha value is -3.07. The minimum absolute atomic E-state index is 0.0741. The first-order valence-corrected chi connectivity index (χ1v) is 10.7. The summed E-state index contributed by atoms with van der Waals surface area (Å²) in [7, 11) is 1.58. The third-order valence-corrected chi connectivity index (χ3v) is 5.97. The second-order valence-corrected chi connectivity index (χ2v) is 8.41. The monoisotopic (exact) mass is 427 g/mol. The summed E-state index contributed by atoms with van der Waals surface area (Å²) < 4.78 is 8.84. The van der Waals surface area contributed by atoms with Gasteiger partial charge in [0.2, 0.25) is 5.95 Å². The van der Waals surface area contributed by atoms with Crippen LogP contribution in [0.2, 0.25) is 0 Å².